The third-order valence-electron chi connectivity index (χ3n) is 13.6. The van der Waals surface area contributed by atoms with E-state index in [4.69, 9.17) is 14.2 Å². The van der Waals surface area contributed by atoms with Gasteiger partial charge in [-0.1, -0.05) is 243 Å². The summed E-state index contributed by atoms with van der Waals surface area (Å²) in [6.45, 7) is 5.74. The van der Waals surface area contributed by atoms with Crippen LogP contribution < -0.4 is 5.32 Å². The number of hydrogen-bond acceptors (Lipinski definition) is 10. The summed E-state index contributed by atoms with van der Waals surface area (Å²) >= 11 is 0. The Bertz CT molecular complexity index is 1260. The molecule has 0 spiro atoms. The van der Waals surface area contributed by atoms with Crippen molar-refractivity contribution in [3.05, 3.63) is 36.5 Å². The molecule has 0 bridgehead atoms. The fourth-order valence-corrected chi connectivity index (χ4v) is 8.93. The maximum Gasteiger partial charge on any atom is 0.306 e. The Hall–Kier alpha value is -2.12. The van der Waals surface area contributed by atoms with Gasteiger partial charge in [0.2, 0.25) is 5.91 Å². The second-order valence-electron chi connectivity index (χ2n) is 20.0. The van der Waals surface area contributed by atoms with Crippen molar-refractivity contribution in [2.24, 2.45) is 0 Å². The number of aliphatic hydroxyl groups is 5. The van der Waals surface area contributed by atoms with E-state index < -0.39 is 67.4 Å². The van der Waals surface area contributed by atoms with Gasteiger partial charge in [0.25, 0.3) is 0 Å². The predicted molar refractivity (Wildman–Crippen MR) is 283 cm³/mol. The van der Waals surface area contributed by atoms with E-state index >= 15 is 0 Å². The molecule has 0 aromatic rings. The first-order chi connectivity index (χ1) is 33.7. The fourth-order valence-electron chi connectivity index (χ4n) is 8.93. The standard InChI is InChI=1S/C58H107NO10/c1-4-7-10-13-16-19-22-25-26-28-31-34-37-40-43-46-53(63)69-56-55(65)54(64)52(47-60)68-58(56)67-48-49(50(61)44-41-38-35-32-30-27-23-20-17-14-11-8-5-2)59-57(66)51(62)45-42-39-36-33-29-24-21-18-15-12-9-6-3/h29,33,39,41-42,44,49-52,54-56,58,60-62,64-65H,4-28,30-32,34-38,40,43,45-48H2,1-3H3,(H,59,66)/b33-29-,42-39+,44-41+. The maximum absolute atomic E-state index is 13.3. The number of allylic oxidation sites excluding steroid dienone is 4. The average Bonchev–Trinajstić information content (AvgIpc) is 3.34. The third-order valence-corrected chi connectivity index (χ3v) is 13.6. The van der Waals surface area contributed by atoms with E-state index in [0.717, 1.165) is 44.9 Å². The van der Waals surface area contributed by atoms with Crippen LogP contribution in [-0.2, 0) is 23.8 Å². The smallest absolute Gasteiger partial charge is 0.306 e. The Labute approximate surface area is 422 Å². The van der Waals surface area contributed by atoms with Crippen molar-refractivity contribution in [3.63, 3.8) is 0 Å². The lowest BCUT2D eigenvalue weighted by Crippen LogP contribution is -2.61. The van der Waals surface area contributed by atoms with Gasteiger partial charge in [0.05, 0.1) is 25.4 Å². The highest BCUT2D eigenvalue weighted by molar-refractivity contribution is 5.81. The number of hydrogen-bond donors (Lipinski definition) is 6. The van der Waals surface area contributed by atoms with Gasteiger partial charge in [-0.05, 0) is 38.5 Å². The number of unbranched alkanes of at least 4 members (excludes halogenated alkanes) is 31. The molecule has 8 unspecified atom stereocenters. The van der Waals surface area contributed by atoms with Crippen molar-refractivity contribution >= 4 is 11.9 Å². The highest BCUT2D eigenvalue weighted by Gasteiger charge is 2.47. The number of ether oxygens (including phenoxy) is 3. The summed E-state index contributed by atoms with van der Waals surface area (Å²) in [7, 11) is 0. The largest absolute Gasteiger partial charge is 0.454 e. The highest BCUT2D eigenvalue weighted by atomic mass is 16.7. The first-order valence-corrected chi connectivity index (χ1v) is 28.8. The second kappa shape index (κ2) is 46.9. The van der Waals surface area contributed by atoms with Crippen LogP contribution in [0.4, 0.5) is 0 Å². The average molecular weight is 978 g/mol. The summed E-state index contributed by atoms with van der Waals surface area (Å²) < 4.78 is 17.5. The van der Waals surface area contributed by atoms with Crippen molar-refractivity contribution in [3.8, 4) is 0 Å². The summed E-state index contributed by atoms with van der Waals surface area (Å²) in [4.78, 5) is 26.4. The molecule has 11 heteroatoms. The minimum Gasteiger partial charge on any atom is -0.454 e. The van der Waals surface area contributed by atoms with Crippen molar-refractivity contribution in [2.45, 2.75) is 307 Å². The lowest BCUT2D eigenvalue weighted by atomic mass is 9.99. The molecule has 1 amide bonds. The van der Waals surface area contributed by atoms with Gasteiger partial charge in [0.1, 0.15) is 24.4 Å². The van der Waals surface area contributed by atoms with E-state index in [1.807, 2.05) is 12.2 Å². The molecule has 0 aromatic carbocycles. The molecular weight excluding hydrogens is 871 g/mol. The summed E-state index contributed by atoms with van der Waals surface area (Å²) in [5.74, 6) is -1.26. The fraction of sp³-hybridized carbons (Fsp3) is 0.862. The third kappa shape index (κ3) is 35.6. The van der Waals surface area contributed by atoms with Crippen LogP contribution >= 0.6 is 0 Å². The van der Waals surface area contributed by atoms with Crippen molar-refractivity contribution < 1.29 is 49.3 Å². The molecule has 69 heavy (non-hydrogen) atoms. The van der Waals surface area contributed by atoms with E-state index in [-0.39, 0.29) is 19.4 Å². The van der Waals surface area contributed by atoms with Crippen LogP contribution in [0.3, 0.4) is 0 Å². The molecule has 0 aromatic heterocycles. The van der Waals surface area contributed by atoms with Gasteiger partial charge in [-0.3, -0.25) is 9.59 Å². The quantitative estimate of drug-likeness (QED) is 0.0196. The molecule has 8 atom stereocenters. The zero-order valence-electron chi connectivity index (χ0n) is 44.4. The minimum atomic E-state index is -1.62. The normalized spacial score (nSPS) is 20.0. The molecule has 0 aliphatic carbocycles. The molecule has 11 nitrogen and oxygen atoms in total. The first kappa shape index (κ1) is 64.9. The molecular formula is C58H107NO10. The molecule has 0 radical (unpaired) electrons. The van der Waals surface area contributed by atoms with Gasteiger partial charge in [-0.25, -0.2) is 0 Å². The number of nitrogens with one attached hydrogen (secondary N) is 1. The van der Waals surface area contributed by atoms with E-state index in [1.54, 1.807) is 12.2 Å². The van der Waals surface area contributed by atoms with Crippen LogP contribution in [0.15, 0.2) is 36.5 Å². The first-order valence-electron chi connectivity index (χ1n) is 28.8. The van der Waals surface area contributed by atoms with Gasteiger partial charge in [0.15, 0.2) is 12.4 Å². The van der Waals surface area contributed by atoms with Gasteiger partial charge >= 0.3 is 5.97 Å². The van der Waals surface area contributed by atoms with Gasteiger partial charge < -0.3 is 45.1 Å². The molecule has 1 aliphatic heterocycles. The van der Waals surface area contributed by atoms with E-state index in [1.165, 1.54) is 167 Å². The lowest BCUT2D eigenvalue weighted by molar-refractivity contribution is -0.305. The molecule has 1 aliphatic rings. The number of aliphatic hydroxyl groups excluding tert-OH is 5. The van der Waals surface area contributed by atoms with Crippen LogP contribution in [0.2, 0.25) is 0 Å². The van der Waals surface area contributed by atoms with Crippen LogP contribution in [0.25, 0.3) is 0 Å². The summed E-state index contributed by atoms with van der Waals surface area (Å²) in [6.07, 6.45) is 43.5. The zero-order chi connectivity index (χ0) is 50.4. The molecule has 404 valence electrons. The van der Waals surface area contributed by atoms with Gasteiger partial charge in [-0.15, -0.1) is 0 Å². The topological polar surface area (TPSA) is 175 Å². The lowest BCUT2D eigenvalue weighted by Gasteiger charge is -2.41. The van der Waals surface area contributed by atoms with E-state index in [2.05, 4.69) is 38.2 Å². The van der Waals surface area contributed by atoms with Crippen LogP contribution in [0, 0.1) is 0 Å². The SMILES string of the molecule is CCCCCCCC/C=C\C/C=C/CC(O)C(=O)NC(COC1OC(CO)C(O)C(O)C1OC(=O)CCCCCCCCCCCCCCCCC)C(O)/C=C/CCCCCCCCCCCCC. The van der Waals surface area contributed by atoms with Gasteiger partial charge in [-0.2, -0.15) is 0 Å². The molecule has 1 saturated heterocycles. The van der Waals surface area contributed by atoms with Crippen LogP contribution in [0.5, 0.6) is 0 Å². The number of rotatable bonds is 48. The number of amides is 1. The Morgan fingerprint density at radius 3 is 1.48 bits per heavy atom. The number of esters is 1. The summed E-state index contributed by atoms with van der Waals surface area (Å²) in [5, 5.41) is 56.6. The Kier molecular flexibility index (Phi) is 44.1. The van der Waals surface area contributed by atoms with Crippen molar-refractivity contribution in [1.29, 1.82) is 0 Å². The molecule has 1 heterocycles. The van der Waals surface area contributed by atoms with Crippen molar-refractivity contribution in [1.82, 2.24) is 5.32 Å². The molecule has 0 saturated carbocycles. The molecule has 1 fully saturated rings. The Balaban J connectivity index is 2.76. The van der Waals surface area contributed by atoms with Gasteiger partial charge in [0, 0.05) is 12.8 Å². The summed E-state index contributed by atoms with van der Waals surface area (Å²) in [6, 6.07) is -1.05. The molecule has 1 rings (SSSR count). The van der Waals surface area contributed by atoms with E-state index in [0.29, 0.717) is 12.8 Å². The monoisotopic (exact) mass is 978 g/mol. The zero-order valence-corrected chi connectivity index (χ0v) is 44.4. The van der Waals surface area contributed by atoms with Crippen LogP contribution in [-0.4, -0.2) is 99.6 Å². The molecule has 6 N–H and O–H groups in total. The van der Waals surface area contributed by atoms with Crippen LogP contribution in [0.1, 0.15) is 258 Å². The Morgan fingerprint density at radius 2 is 1.00 bits per heavy atom. The number of carbonyl (C=O) groups is 2. The second-order valence-corrected chi connectivity index (χ2v) is 20.0. The number of carbonyl (C=O) groups excluding carboxylic acids is 2. The maximum atomic E-state index is 13.3. The Morgan fingerprint density at radius 1 is 0.565 bits per heavy atom. The van der Waals surface area contributed by atoms with E-state index in [9.17, 15) is 35.1 Å². The highest BCUT2D eigenvalue weighted by Crippen LogP contribution is 2.26. The minimum absolute atomic E-state index is 0.0842. The summed E-state index contributed by atoms with van der Waals surface area (Å²) in [5.41, 5.74) is 0. The van der Waals surface area contributed by atoms with Crippen molar-refractivity contribution in [2.75, 3.05) is 13.2 Å². The predicted octanol–water partition coefficient (Wildman–Crippen LogP) is 12.7.